The van der Waals surface area contributed by atoms with Gasteiger partial charge in [0.05, 0.1) is 32.0 Å². The number of unbranched alkanes of at least 4 members (excludes halogenated alkanes) is 41. The highest BCUT2D eigenvalue weighted by Gasteiger charge is 2.51. The van der Waals surface area contributed by atoms with Gasteiger partial charge >= 0.3 is 0 Å². The fourth-order valence-electron chi connectivity index (χ4n) is 11.2. The van der Waals surface area contributed by atoms with E-state index in [-0.39, 0.29) is 18.9 Å². The molecule has 0 bridgehead atoms. The number of carbonyl (C=O) groups excluding carboxylic acids is 1. The number of rotatable bonds is 54. The average molecular weight is 1110 g/mol. The molecule has 0 radical (unpaired) electrons. The summed E-state index contributed by atoms with van der Waals surface area (Å²) in [5, 5.41) is 86.6. The Morgan fingerprint density at radius 2 is 0.795 bits per heavy atom. The Morgan fingerprint density at radius 1 is 0.449 bits per heavy atom. The lowest BCUT2D eigenvalue weighted by atomic mass is 9.97. The van der Waals surface area contributed by atoms with Crippen molar-refractivity contribution in [3.63, 3.8) is 0 Å². The molecule has 0 aliphatic carbocycles. The van der Waals surface area contributed by atoms with Crippen molar-refractivity contribution >= 4 is 5.91 Å². The van der Waals surface area contributed by atoms with Crippen LogP contribution in [0.5, 0.6) is 0 Å². The number of allylic oxidation sites excluding steroid dienone is 1. The molecule has 2 saturated heterocycles. The summed E-state index contributed by atoms with van der Waals surface area (Å²) in [6.07, 6.45) is 43.7. The maximum Gasteiger partial charge on any atom is 0.220 e. The zero-order valence-electron chi connectivity index (χ0n) is 49.9. The van der Waals surface area contributed by atoms with Crippen molar-refractivity contribution < 1.29 is 64.6 Å². The number of aliphatic hydroxyl groups is 8. The number of hydrogen-bond acceptors (Lipinski definition) is 13. The molecule has 2 aliphatic heterocycles. The second-order valence-corrected chi connectivity index (χ2v) is 23.6. The topological polar surface area (TPSA) is 228 Å². The Bertz CT molecular complexity index is 1360. The van der Waals surface area contributed by atoms with Crippen molar-refractivity contribution in [3.8, 4) is 0 Å². The van der Waals surface area contributed by atoms with Gasteiger partial charge in [-0.25, -0.2) is 0 Å². The van der Waals surface area contributed by atoms with Crippen LogP contribution in [0.15, 0.2) is 12.2 Å². The molecule has 2 fully saturated rings. The quantitative estimate of drug-likeness (QED) is 0.0204. The molecule has 2 aliphatic rings. The van der Waals surface area contributed by atoms with Gasteiger partial charge in [0.15, 0.2) is 12.6 Å². The second-order valence-electron chi connectivity index (χ2n) is 23.6. The van der Waals surface area contributed by atoms with Gasteiger partial charge in [0.2, 0.25) is 5.91 Å². The summed E-state index contributed by atoms with van der Waals surface area (Å²) >= 11 is 0. The molecule has 14 nitrogen and oxygen atoms in total. The highest BCUT2D eigenvalue weighted by molar-refractivity contribution is 5.76. The van der Waals surface area contributed by atoms with E-state index in [0.29, 0.717) is 6.42 Å². The largest absolute Gasteiger partial charge is 0.394 e. The standard InChI is InChI=1S/C64H123NO13/c1-3-5-7-9-11-12-13-14-15-16-17-18-19-20-21-22-23-24-25-26-27-28-29-30-31-32-33-34-35-36-37-38-39-40-41-42-44-46-48-56(69)65-52(53(68)47-45-43-10-8-6-4-2)51-75-63-61(74)59(72)62(55(50-67)77-63)78-64-60(73)58(71)57(70)54(49-66)76-64/h45,47,52-55,57-64,66-68,70-74H,3-44,46,48-51H2,1-2H3,(H,65,69)/b47-45+. The number of amides is 1. The number of hydrogen-bond donors (Lipinski definition) is 9. The molecule has 14 heteroatoms. The summed E-state index contributed by atoms with van der Waals surface area (Å²) in [6.45, 7) is 2.73. The van der Waals surface area contributed by atoms with E-state index in [1.54, 1.807) is 6.08 Å². The molecule has 2 heterocycles. The molecule has 0 saturated carbocycles. The van der Waals surface area contributed by atoms with Gasteiger partial charge in [-0.3, -0.25) is 4.79 Å². The van der Waals surface area contributed by atoms with Crippen LogP contribution in [0.25, 0.3) is 0 Å². The van der Waals surface area contributed by atoms with Crippen LogP contribution in [0.3, 0.4) is 0 Å². The minimum Gasteiger partial charge on any atom is -0.394 e. The molecular weight excluding hydrogens is 991 g/mol. The first-order valence-corrected chi connectivity index (χ1v) is 32.9. The number of carbonyl (C=O) groups is 1. The second kappa shape index (κ2) is 50.3. The first kappa shape index (κ1) is 72.8. The minimum absolute atomic E-state index is 0.239. The lowest BCUT2D eigenvalue weighted by Gasteiger charge is -2.46. The molecule has 0 aromatic rings. The third-order valence-electron chi connectivity index (χ3n) is 16.5. The summed E-state index contributed by atoms with van der Waals surface area (Å²) in [5.41, 5.74) is 0. The fourth-order valence-corrected chi connectivity index (χ4v) is 11.2. The van der Waals surface area contributed by atoms with Crippen molar-refractivity contribution in [1.82, 2.24) is 5.32 Å². The number of nitrogens with one attached hydrogen (secondary N) is 1. The Balaban J connectivity index is 1.47. The maximum absolute atomic E-state index is 13.2. The smallest absolute Gasteiger partial charge is 0.220 e. The van der Waals surface area contributed by atoms with Gasteiger partial charge in [-0.05, 0) is 19.3 Å². The monoisotopic (exact) mass is 1110 g/mol. The number of ether oxygens (including phenoxy) is 4. The van der Waals surface area contributed by atoms with Crippen LogP contribution in [0.1, 0.15) is 296 Å². The molecule has 9 N–H and O–H groups in total. The molecule has 2 rings (SSSR count). The fraction of sp³-hybridized carbons (Fsp3) is 0.953. The summed E-state index contributed by atoms with van der Waals surface area (Å²) in [4.78, 5) is 13.2. The van der Waals surface area contributed by atoms with Crippen LogP contribution >= 0.6 is 0 Å². The van der Waals surface area contributed by atoms with Gasteiger partial charge in [-0.1, -0.05) is 283 Å². The van der Waals surface area contributed by atoms with Crippen molar-refractivity contribution in [2.24, 2.45) is 0 Å². The zero-order chi connectivity index (χ0) is 56.7. The van der Waals surface area contributed by atoms with Gasteiger partial charge in [0, 0.05) is 6.42 Å². The molecule has 12 unspecified atom stereocenters. The Morgan fingerprint density at radius 3 is 1.18 bits per heavy atom. The first-order valence-electron chi connectivity index (χ1n) is 32.9. The van der Waals surface area contributed by atoms with Crippen LogP contribution in [0.2, 0.25) is 0 Å². The molecule has 462 valence electrons. The molecule has 0 aromatic carbocycles. The van der Waals surface area contributed by atoms with Gasteiger partial charge < -0.3 is 65.1 Å². The summed E-state index contributed by atoms with van der Waals surface area (Å²) in [6, 6.07) is -0.907. The van der Waals surface area contributed by atoms with Crippen LogP contribution < -0.4 is 5.32 Å². The van der Waals surface area contributed by atoms with Crippen LogP contribution in [-0.2, 0) is 23.7 Å². The van der Waals surface area contributed by atoms with Crippen molar-refractivity contribution in [1.29, 1.82) is 0 Å². The van der Waals surface area contributed by atoms with Gasteiger partial charge in [0.25, 0.3) is 0 Å². The summed E-state index contributed by atoms with van der Waals surface area (Å²) in [7, 11) is 0. The number of aliphatic hydroxyl groups excluding tert-OH is 8. The van der Waals surface area contributed by atoms with E-state index in [4.69, 9.17) is 18.9 Å². The van der Waals surface area contributed by atoms with Gasteiger partial charge in [-0.2, -0.15) is 0 Å². The predicted molar refractivity (Wildman–Crippen MR) is 314 cm³/mol. The Hall–Kier alpha value is -1.27. The third kappa shape index (κ3) is 35.0. The maximum atomic E-state index is 13.2. The predicted octanol–water partition coefficient (Wildman–Crippen LogP) is 12.2. The molecule has 12 atom stereocenters. The Kier molecular flexibility index (Phi) is 46.9. The van der Waals surface area contributed by atoms with E-state index in [2.05, 4.69) is 19.2 Å². The Labute approximate surface area is 476 Å². The van der Waals surface area contributed by atoms with Crippen LogP contribution in [0.4, 0.5) is 0 Å². The molecular formula is C64H123NO13. The van der Waals surface area contributed by atoms with E-state index < -0.39 is 86.8 Å². The lowest BCUT2D eigenvalue weighted by molar-refractivity contribution is -0.359. The summed E-state index contributed by atoms with van der Waals surface area (Å²) in [5.74, 6) is -0.239. The van der Waals surface area contributed by atoms with E-state index >= 15 is 0 Å². The molecule has 78 heavy (non-hydrogen) atoms. The lowest BCUT2D eigenvalue weighted by Crippen LogP contribution is -2.65. The minimum atomic E-state index is -1.78. The first-order chi connectivity index (χ1) is 38.1. The molecule has 0 aromatic heterocycles. The van der Waals surface area contributed by atoms with Crippen molar-refractivity contribution in [2.45, 2.75) is 370 Å². The van der Waals surface area contributed by atoms with Crippen LogP contribution in [0, 0.1) is 0 Å². The third-order valence-corrected chi connectivity index (χ3v) is 16.5. The highest BCUT2D eigenvalue weighted by atomic mass is 16.7. The van der Waals surface area contributed by atoms with E-state index in [0.717, 1.165) is 51.4 Å². The zero-order valence-corrected chi connectivity index (χ0v) is 49.9. The van der Waals surface area contributed by atoms with Crippen molar-refractivity contribution in [2.75, 3.05) is 19.8 Å². The summed E-state index contributed by atoms with van der Waals surface area (Å²) < 4.78 is 22.6. The van der Waals surface area contributed by atoms with E-state index in [9.17, 15) is 45.6 Å². The van der Waals surface area contributed by atoms with Crippen molar-refractivity contribution in [3.05, 3.63) is 12.2 Å². The SMILES string of the molecule is CCCCCC/C=C/C(O)C(COC1OC(CO)C(OC2OC(CO)C(O)C(O)C2O)C(O)C1O)NC(=O)CCCCCCCCCCCCCCCCCCCCCCCCCCCCCCCCCCCCCCCC. The average Bonchev–Trinajstić information content (AvgIpc) is 3.47. The van der Waals surface area contributed by atoms with Gasteiger partial charge in [0.1, 0.15) is 48.8 Å². The molecule has 1 amide bonds. The highest BCUT2D eigenvalue weighted by Crippen LogP contribution is 2.30. The van der Waals surface area contributed by atoms with E-state index in [1.807, 2.05) is 6.08 Å². The molecule has 0 spiro atoms. The normalized spacial score (nSPS) is 24.5. The van der Waals surface area contributed by atoms with Crippen LogP contribution in [-0.4, -0.2) is 140 Å². The van der Waals surface area contributed by atoms with E-state index in [1.165, 1.54) is 218 Å². The van der Waals surface area contributed by atoms with Gasteiger partial charge in [-0.15, -0.1) is 0 Å².